The molecule has 5 heteroatoms. The van der Waals surface area contributed by atoms with Gasteiger partial charge in [0, 0.05) is 13.2 Å². The van der Waals surface area contributed by atoms with E-state index in [2.05, 4.69) is 13.2 Å². The zero-order valence-corrected chi connectivity index (χ0v) is 18.8. The molecule has 0 atom stereocenters. The third kappa shape index (κ3) is 27.3. The first-order chi connectivity index (χ1) is 14.4. The van der Waals surface area contributed by atoms with Gasteiger partial charge in [0.15, 0.2) is 0 Å². The lowest BCUT2D eigenvalue weighted by molar-refractivity contribution is -0.0114. The number of ether oxygens (including phenoxy) is 5. The molecule has 0 aliphatic heterocycles. The van der Waals surface area contributed by atoms with Crippen molar-refractivity contribution in [3.8, 4) is 0 Å². The van der Waals surface area contributed by atoms with Crippen LogP contribution in [0.2, 0.25) is 0 Å². The van der Waals surface area contributed by atoms with E-state index in [1.54, 1.807) is 0 Å². The highest BCUT2D eigenvalue weighted by Gasteiger charge is 1.95. The highest BCUT2D eigenvalue weighted by atomic mass is 16.6. The summed E-state index contributed by atoms with van der Waals surface area (Å²) < 4.78 is 27.5. The maximum absolute atomic E-state index is 5.55. The Morgan fingerprint density at radius 2 is 0.621 bits per heavy atom. The van der Waals surface area contributed by atoms with Gasteiger partial charge < -0.3 is 23.7 Å². The fourth-order valence-corrected chi connectivity index (χ4v) is 2.67. The fourth-order valence-electron chi connectivity index (χ4n) is 2.67. The van der Waals surface area contributed by atoms with E-state index < -0.39 is 0 Å². The molecule has 0 aliphatic rings. The Hall–Kier alpha value is -0.720. The van der Waals surface area contributed by atoms with Crippen molar-refractivity contribution in [3.05, 3.63) is 25.3 Å². The minimum atomic E-state index is 0.592. The van der Waals surface area contributed by atoms with Crippen LogP contribution < -0.4 is 0 Å². The molecule has 0 aliphatic carbocycles. The Kier molecular flexibility index (Phi) is 26.6. The van der Waals surface area contributed by atoms with Gasteiger partial charge in [-0.2, -0.15) is 0 Å². The van der Waals surface area contributed by atoms with Gasteiger partial charge in [0.05, 0.1) is 52.9 Å². The van der Waals surface area contributed by atoms with Gasteiger partial charge in [-0.25, -0.2) is 0 Å². The van der Waals surface area contributed by atoms with E-state index in [4.69, 9.17) is 23.7 Å². The van der Waals surface area contributed by atoms with E-state index in [0.29, 0.717) is 52.9 Å². The molecule has 0 fully saturated rings. The summed E-state index contributed by atoms with van der Waals surface area (Å²) in [6.07, 6.45) is 15.9. The lowest BCUT2D eigenvalue weighted by atomic mass is 10.1. The van der Waals surface area contributed by atoms with E-state index >= 15 is 0 Å². The summed E-state index contributed by atoms with van der Waals surface area (Å²) in [5.74, 6) is 0. The quantitative estimate of drug-likeness (QED) is 0.141. The van der Waals surface area contributed by atoms with Crippen molar-refractivity contribution in [1.29, 1.82) is 0 Å². The van der Waals surface area contributed by atoms with Gasteiger partial charge in [-0.1, -0.05) is 37.8 Å². The van der Waals surface area contributed by atoms with Crippen molar-refractivity contribution in [1.82, 2.24) is 0 Å². The summed E-state index contributed by atoms with van der Waals surface area (Å²) in [7, 11) is 0. The summed E-state index contributed by atoms with van der Waals surface area (Å²) in [5, 5.41) is 0. The van der Waals surface area contributed by atoms with Gasteiger partial charge in [0.25, 0.3) is 0 Å². The zero-order chi connectivity index (χ0) is 21.1. The standard InChI is InChI=1S/C24H46O5/c1-3-5-7-9-11-13-15-25-17-19-27-21-23-29-24-22-28-20-18-26-16-14-12-10-8-6-4-2/h3-4H,1-2,5-24H2. The van der Waals surface area contributed by atoms with Crippen molar-refractivity contribution in [2.24, 2.45) is 0 Å². The molecule has 0 spiro atoms. The van der Waals surface area contributed by atoms with Gasteiger partial charge in [-0.15, -0.1) is 13.2 Å². The van der Waals surface area contributed by atoms with Gasteiger partial charge in [0.1, 0.15) is 0 Å². The van der Waals surface area contributed by atoms with Crippen LogP contribution >= 0.6 is 0 Å². The van der Waals surface area contributed by atoms with E-state index in [0.717, 1.165) is 38.9 Å². The number of hydrogen-bond acceptors (Lipinski definition) is 5. The lowest BCUT2D eigenvalue weighted by Crippen LogP contribution is -2.13. The zero-order valence-electron chi connectivity index (χ0n) is 18.8. The molecule has 0 amide bonds. The molecule has 29 heavy (non-hydrogen) atoms. The third-order valence-electron chi connectivity index (χ3n) is 4.38. The van der Waals surface area contributed by atoms with Crippen LogP contribution in [0.1, 0.15) is 64.2 Å². The van der Waals surface area contributed by atoms with Crippen molar-refractivity contribution in [2.75, 3.05) is 66.1 Å². The number of unbranched alkanes of at least 4 members (excludes halogenated alkanes) is 8. The highest BCUT2D eigenvalue weighted by molar-refractivity contribution is 4.65. The predicted octanol–water partition coefficient (Wildman–Crippen LogP) is 5.34. The molecule has 0 N–H and O–H groups in total. The highest BCUT2D eigenvalue weighted by Crippen LogP contribution is 2.04. The average molecular weight is 415 g/mol. The molecule has 0 aromatic carbocycles. The maximum Gasteiger partial charge on any atom is 0.0701 e. The molecule has 0 aromatic rings. The summed E-state index contributed by atoms with van der Waals surface area (Å²) in [5.41, 5.74) is 0. The van der Waals surface area contributed by atoms with Crippen LogP contribution in [0.25, 0.3) is 0 Å². The van der Waals surface area contributed by atoms with Crippen molar-refractivity contribution in [2.45, 2.75) is 64.2 Å². The van der Waals surface area contributed by atoms with Crippen LogP contribution in [-0.2, 0) is 23.7 Å². The molecule has 0 heterocycles. The fraction of sp³-hybridized carbons (Fsp3) is 0.833. The average Bonchev–Trinajstić information content (AvgIpc) is 2.74. The maximum atomic E-state index is 5.55. The summed E-state index contributed by atoms with van der Waals surface area (Å²) >= 11 is 0. The van der Waals surface area contributed by atoms with Crippen LogP contribution in [0, 0.1) is 0 Å². The molecule has 0 aromatic heterocycles. The van der Waals surface area contributed by atoms with Crippen LogP contribution in [0.5, 0.6) is 0 Å². The van der Waals surface area contributed by atoms with Crippen molar-refractivity contribution in [3.63, 3.8) is 0 Å². The first kappa shape index (κ1) is 28.3. The minimum Gasteiger partial charge on any atom is -0.379 e. The normalized spacial score (nSPS) is 11.0. The second-order valence-corrected chi connectivity index (χ2v) is 7.04. The monoisotopic (exact) mass is 414 g/mol. The molecule has 0 saturated carbocycles. The molecule has 0 saturated heterocycles. The molecular formula is C24H46O5. The molecule has 0 rings (SSSR count). The predicted molar refractivity (Wildman–Crippen MR) is 121 cm³/mol. The molecule has 0 radical (unpaired) electrons. The Morgan fingerprint density at radius 3 is 0.931 bits per heavy atom. The first-order valence-corrected chi connectivity index (χ1v) is 11.5. The topological polar surface area (TPSA) is 46.2 Å². The van der Waals surface area contributed by atoms with Gasteiger partial charge in [0.2, 0.25) is 0 Å². The van der Waals surface area contributed by atoms with Gasteiger partial charge >= 0.3 is 0 Å². The van der Waals surface area contributed by atoms with Gasteiger partial charge in [-0.3, -0.25) is 0 Å². The smallest absolute Gasteiger partial charge is 0.0701 e. The minimum absolute atomic E-state index is 0.592. The molecule has 0 bridgehead atoms. The van der Waals surface area contributed by atoms with Gasteiger partial charge in [-0.05, 0) is 38.5 Å². The number of allylic oxidation sites excluding steroid dienone is 2. The number of rotatable bonds is 26. The summed E-state index contributed by atoms with van der Waals surface area (Å²) in [4.78, 5) is 0. The van der Waals surface area contributed by atoms with Crippen LogP contribution in [0.4, 0.5) is 0 Å². The first-order valence-electron chi connectivity index (χ1n) is 11.5. The Balaban J connectivity index is 2.98. The largest absolute Gasteiger partial charge is 0.379 e. The van der Waals surface area contributed by atoms with Crippen LogP contribution in [0.15, 0.2) is 25.3 Å². The van der Waals surface area contributed by atoms with E-state index in [9.17, 15) is 0 Å². The molecule has 5 nitrogen and oxygen atoms in total. The molecular weight excluding hydrogens is 368 g/mol. The summed E-state index contributed by atoms with van der Waals surface area (Å²) in [6, 6.07) is 0. The van der Waals surface area contributed by atoms with E-state index in [-0.39, 0.29) is 0 Å². The third-order valence-corrected chi connectivity index (χ3v) is 4.38. The van der Waals surface area contributed by atoms with Crippen molar-refractivity contribution >= 4 is 0 Å². The van der Waals surface area contributed by atoms with Crippen LogP contribution in [-0.4, -0.2) is 66.1 Å². The lowest BCUT2D eigenvalue weighted by Gasteiger charge is -2.08. The second-order valence-electron chi connectivity index (χ2n) is 7.04. The molecule has 172 valence electrons. The molecule has 0 unspecified atom stereocenters. The van der Waals surface area contributed by atoms with E-state index in [1.807, 2.05) is 12.2 Å². The second kappa shape index (κ2) is 27.3. The Bertz CT molecular complexity index is 292. The van der Waals surface area contributed by atoms with E-state index in [1.165, 1.54) is 38.5 Å². The van der Waals surface area contributed by atoms with Crippen molar-refractivity contribution < 1.29 is 23.7 Å². The SMILES string of the molecule is C=CCCCCCCOCCOCCOCCOCCOCCCCCCC=C. The Labute approximate surface area is 179 Å². The van der Waals surface area contributed by atoms with Crippen LogP contribution in [0.3, 0.4) is 0 Å². The number of hydrogen-bond donors (Lipinski definition) is 0. The summed E-state index contributed by atoms with van der Waals surface area (Å²) in [6.45, 7) is 14.1. The Morgan fingerprint density at radius 1 is 0.345 bits per heavy atom.